The Morgan fingerprint density at radius 3 is 2.58 bits per heavy atom. The van der Waals surface area contributed by atoms with E-state index in [1.807, 2.05) is 0 Å². The summed E-state index contributed by atoms with van der Waals surface area (Å²) < 4.78 is 39.3. The number of alkyl halides is 3. The zero-order valence-corrected chi connectivity index (χ0v) is 16.7. The molecule has 0 radical (unpaired) electrons. The molecule has 1 atom stereocenters. The van der Waals surface area contributed by atoms with Gasteiger partial charge in [0, 0.05) is 12.7 Å². The molecule has 1 unspecified atom stereocenters. The Labute approximate surface area is 179 Å². The van der Waals surface area contributed by atoms with E-state index in [0.29, 0.717) is 10.6 Å². The number of hydrogen-bond donors (Lipinski definition) is 1. The Morgan fingerprint density at radius 1 is 1.13 bits per heavy atom. The van der Waals surface area contributed by atoms with E-state index in [0.717, 1.165) is 28.4 Å². The quantitative estimate of drug-likeness (QED) is 0.566. The molecule has 0 saturated carbocycles. The topological polar surface area (TPSA) is 70.5 Å². The van der Waals surface area contributed by atoms with E-state index in [-0.39, 0.29) is 17.7 Å². The van der Waals surface area contributed by atoms with Crippen LogP contribution < -0.4 is 0 Å². The molecule has 5 nitrogen and oxygen atoms in total. The lowest BCUT2D eigenvalue weighted by Gasteiger charge is -2.26. The maximum Gasteiger partial charge on any atom is 0.416 e. The summed E-state index contributed by atoms with van der Waals surface area (Å²) in [5.74, 6) is -2.09. The van der Waals surface area contributed by atoms with Gasteiger partial charge < -0.3 is 10.0 Å². The van der Waals surface area contributed by atoms with Gasteiger partial charge in [-0.05, 0) is 41.3 Å². The molecule has 0 saturated heterocycles. The van der Waals surface area contributed by atoms with Gasteiger partial charge in [-0.25, -0.2) is 0 Å². The molecule has 0 fully saturated rings. The van der Waals surface area contributed by atoms with Crippen LogP contribution in [0.3, 0.4) is 0 Å². The van der Waals surface area contributed by atoms with Crippen molar-refractivity contribution >= 4 is 23.0 Å². The summed E-state index contributed by atoms with van der Waals surface area (Å²) in [6.07, 6.45) is -3.06. The first-order chi connectivity index (χ1) is 14.8. The lowest BCUT2D eigenvalue weighted by Crippen LogP contribution is -2.31. The first-order valence-corrected chi connectivity index (χ1v) is 10.0. The van der Waals surface area contributed by atoms with Gasteiger partial charge in [-0.15, -0.1) is 11.3 Å². The average Bonchev–Trinajstić information content (AvgIpc) is 3.37. The number of benzene rings is 1. The molecule has 9 heteroatoms. The fraction of sp³-hybridized carbons (Fsp3) is 0.136. The highest BCUT2D eigenvalue weighted by molar-refractivity contribution is 7.12. The Bertz CT molecular complexity index is 1160. The Morgan fingerprint density at radius 2 is 1.94 bits per heavy atom. The number of halogens is 3. The summed E-state index contributed by atoms with van der Waals surface area (Å²) in [5, 5.41) is 12.2. The second kappa shape index (κ2) is 7.99. The minimum atomic E-state index is -4.54. The van der Waals surface area contributed by atoms with Gasteiger partial charge >= 0.3 is 6.18 Å². The van der Waals surface area contributed by atoms with E-state index < -0.39 is 35.2 Å². The van der Waals surface area contributed by atoms with Gasteiger partial charge in [0.1, 0.15) is 6.04 Å². The largest absolute Gasteiger partial charge is 0.503 e. The molecular weight excluding hydrogens is 429 g/mol. The minimum absolute atomic E-state index is 0.141. The van der Waals surface area contributed by atoms with Crippen LogP contribution in [0.25, 0.3) is 0 Å². The number of carbonyl (C=O) groups is 2. The molecule has 0 aliphatic carbocycles. The maximum absolute atomic E-state index is 13.1. The zero-order valence-electron chi connectivity index (χ0n) is 15.8. The molecule has 31 heavy (non-hydrogen) atoms. The van der Waals surface area contributed by atoms with Gasteiger partial charge in [-0.2, -0.15) is 13.2 Å². The average molecular weight is 444 g/mol. The normalized spacial score (nSPS) is 16.8. The Kier molecular flexibility index (Phi) is 5.36. The van der Waals surface area contributed by atoms with Crippen molar-refractivity contribution in [3.8, 4) is 0 Å². The summed E-state index contributed by atoms with van der Waals surface area (Å²) in [6, 6.07) is 11.7. The van der Waals surface area contributed by atoms with Crippen molar-refractivity contribution in [3.05, 3.63) is 99.2 Å². The lowest BCUT2D eigenvalue weighted by molar-refractivity contribution is -0.137. The fourth-order valence-corrected chi connectivity index (χ4v) is 4.15. The van der Waals surface area contributed by atoms with Crippen molar-refractivity contribution in [2.75, 3.05) is 0 Å². The van der Waals surface area contributed by atoms with Gasteiger partial charge in [0.15, 0.2) is 5.76 Å². The summed E-state index contributed by atoms with van der Waals surface area (Å²) >= 11 is 1.16. The van der Waals surface area contributed by atoms with Crippen molar-refractivity contribution in [2.45, 2.75) is 18.8 Å². The minimum Gasteiger partial charge on any atom is -0.503 e. The number of amides is 1. The predicted molar refractivity (Wildman–Crippen MR) is 107 cm³/mol. The predicted octanol–water partition coefficient (Wildman–Crippen LogP) is 4.94. The molecule has 4 rings (SSSR count). The number of pyridine rings is 1. The molecule has 1 aliphatic heterocycles. The third kappa shape index (κ3) is 3.96. The van der Waals surface area contributed by atoms with Gasteiger partial charge in [-0.3, -0.25) is 14.6 Å². The molecule has 1 aliphatic rings. The molecule has 1 amide bonds. The van der Waals surface area contributed by atoms with Crippen LogP contribution in [-0.2, 0) is 17.5 Å². The molecule has 1 aromatic carbocycles. The van der Waals surface area contributed by atoms with E-state index in [9.17, 15) is 27.9 Å². The zero-order chi connectivity index (χ0) is 22.2. The van der Waals surface area contributed by atoms with E-state index in [4.69, 9.17) is 0 Å². The number of hydrogen-bond acceptors (Lipinski definition) is 5. The Balaban J connectivity index is 1.76. The fourth-order valence-electron chi connectivity index (χ4n) is 3.48. The van der Waals surface area contributed by atoms with Crippen LogP contribution in [0.5, 0.6) is 0 Å². The Hall–Kier alpha value is -3.46. The van der Waals surface area contributed by atoms with E-state index in [2.05, 4.69) is 4.98 Å². The van der Waals surface area contributed by atoms with Crippen LogP contribution in [0, 0.1) is 0 Å². The summed E-state index contributed by atoms with van der Waals surface area (Å²) in [7, 11) is 0. The molecule has 0 bridgehead atoms. The van der Waals surface area contributed by atoms with Crippen LogP contribution in [-0.4, -0.2) is 26.7 Å². The molecule has 3 aromatic rings. The molecule has 158 valence electrons. The van der Waals surface area contributed by atoms with Crippen molar-refractivity contribution in [3.63, 3.8) is 0 Å². The third-order valence-corrected chi connectivity index (χ3v) is 5.74. The second-order valence-electron chi connectivity index (χ2n) is 6.86. The highest BCUT2D eigenvalue weighted by atomic mass is 32.1. The number of carbonyl (C=O) groups excluding carboxylic acids is 2. The first kappa shape index (κ1) is 20.8. The van der Waals surface area contributed by atoms with Crippen LogP contribution in [0.15, 0.2) is 77.5 Å². The maximum atomic E-state index is 13.1. The molecule has 1 N–H and O–H groups in total. The summed E-state index contributed by atoms with van der Waals surface area (Å²) in [4.78, 5) is 31.7. The number of aliphatic hydroxyl groups is 1. The third-order valence-electron chi connectivity index (χ3n) is 4.87. The van der Waals surface area contributed by atoms with Crippen LogP contribution in [0.2, 0.25) is 0 Å². The standard InChI is InChI=1S/C22H15F3N2O3S/c23-22(24,25)14-6-3-5-13(11-14)12-27-18(15-7-1-2-9-26-15)17(20(29)21(27)30)19(28)16-8-4-10-31-16/h1-11,18,29H,12H2. The summed E-state index contributed by atoms with van der Waals surface area (Å²) in [6.45, 7) is -0.241. The number of Topliss-reactive ketones (excluding diaryl/α,β-unsaturated/α-hetero) is 1. The van der Waals surface area contributed by atoms with Crippen molar-refractivity contribution in [1.82, 2.24) is 9.88 Å². The lowest BCUT2D eigenvalue weighted by atomic mass is 9.98. The molecule has 3 heterocycles. The second-order valence-corrected chi connectivity index (χ2v) is 7.80. The number of aliphatic hydroxyl groups excluding tert-OH is 1. The number of aromatic nitrogens is 1. The highest BCUT2D eigenvalue weighted by Crippen LogP contribution is 2.40. The van der Waals surface area contributed by atoms with Crippen molar-refractivity contribution < 1.29 is 27.9 Å². The summed E-state index contributed by atoms with van der Waals surface area (Å²) in [5.41, 5.74) is -0.454. The van der Waals surface area contributed by atoms with Crippen molar-refractivity contribution in [1.29, 1.82) is 0 Å². The first-order valence-electron chi connectivity index (χ1n) is 9.16. The van der Waals surface area contributed by atoms with Gasteiger partial charge in [0.25, 0.3) is 5.91 Å². The van der Waals surface area contributed by atoms with Gasteiger partial charge in [0.05, 0.1) is 21.7 Å². The molecule has 0 spiro atoms. The smallest absolute Gasteiger partial charge is 0.416 e. The van der Waals surface area contributed by atoms with Gasteiger partial charge in [-0.1, -0.05) is 24.3 Å². The van der Waals surface area contributed by atoms with Crippen LogP contribution in [0.4, 0.5) is 13.2 Å². The highest BCUT2D eigenvalue weighted by Gasteiger charge is 2.44. The molecular formula is C22H15F3N2O3S. The van der Waals surface area contributed by atoms with E-state index in [1.165, 1.54) is 18.3 Å². The number of nitrogens with zero attached hydrogens (tertiary/aromatic N) is 2. The van der Waals surface area contributed by atoms with Gasteiger partial charge in [0.2, 0.25) is 5.78 Å². The van der Waals surface area contributed by atoms with E-state index >= 15 is 0 Å². The van der Waals surface area contributed by atoms with E-state index in [1.54, 1.807) is 35.7 Å². The van der Waals surface area contributed by atoms with Crippen LogP contribution >= 0.6 is 11.3 Å². The van der Waals surface area contributed by atoms with Crippen molar-refractivity contribution in [2.24, 2.45) is 0 Å². The van der Waals surface area contributed by atoms with Crippen LogP contribution in [0.1, 0.15) is 32.5 Å². The number of thiophene rings is 1. The number of ketones is 1. The number of rotatable bonds is 5. The SMILES string of the molecule is O=C(C1=C(O)C(=O)N(Cc2cccc(C(F)(F)F)c2)C1c1ccccn1)c1cccs1. The molecule has 2 aromatic heterocycles. The monoisotopic (exact) mass is 444 g/mol.